The summed E-state index contributed by atoms with van der Waals surface area (Å²) < 4.78 is 0. The summed E-state index contributed by atoms with van der Waals surface area (Å²) >= 11 is 0. The second-order valence-corrected chi connectivity index (χ2v) is 6.90. The van der Waals surface area contributed by atoms with Crippen LogP contribution in [0.15, 0.2) is 61.2 Å². The van der Waals surface area contributed by atoms with Crippen molar-refractivity contribution in [2.24, 2.45) is 0 Å². The number of rotatable bonds is 6. The van der Waals surface area contributed by atoms with Gasteiger partial charge in [-0.1, -0.05) is 30.3 Å². The van der Waals surface area contributed by atoms with Crippen molar-refractivity contribution in [1.82, 2.24) is 24.8 Å². The molecule has 0 aliphatic carbocycles. The lowest BCUT2D eigenvalue weighted by Gasteiger charge is -2.32. The van der Waals surface area contributed by atoms with Gasteiger partial charge in [-0.05, 0) is 37.4 Å². The van der Waals surface area contributed by atoms with E-state index in [1.807, 2.05) is 12.3 Å². The Hall–Kier alpha value is -2.86. The van der Waals surface area contributed by atoms with E-state index in [9.17, 15) is 0 Å². The van der Waals surface area contributed by atoms with Crippen LogP contribution in [0, 0.1) is 0 Å². The number of benzene rings is 1. The van der Waals surface area contributed by atoms with Crippen LogP contribution in [0.5, 0.6) is 0 Å². The lowest BCUT2D eigenvalue weighted by atomic mass is 9.94. The lowest BCUT2D eigenvalue weighted by Crippen LogP contribution is -2.36. The molecule has 0 bridgehead atoms. The maximum atomic E-state index is 4.73. The Kier molecular flexibility index (Phi) is 5.64. The summed E-state index contributed by atoms with van der Waals surface area (Å²) in [6.07, 6.45) is 10.3. The molecule has 1 fully saturated rings. The average Bonchev–Trinajstić information content (AvgIpc) is 2.74. The molecule has 4 rings (SSSR count). The summed E-state index contributed by atoms with van der Waals surface area (Å²) in [5, 5.41) is 3.13. The van der Waals surface area contributed by atoms with Gasteiger partial charge in [-0.15, -0.1) is 0 Å². The van der Waals surface area contributed by atoms with Crippen LogP contribution in [0.2, 0.25) is 0 Å². The van der Waals surface area contributed by atoms with Gasteiger partial charge in [0.15, 0.2) is 5.82 Å². The minimum Gasteiger partial charge on any atom is -0.307 e. The first-order valence-electron chi connectivity index (χ1n) is 9.49. The van der Waals surface area contributed by atoms with E-state index >= 15 is 0 Å². The van der Waals surface area contributed by atoms with Crippen molar-refractivity contribution < 1.29 is 0 Å². The number of nitrogens with one attached hydrogen (secondary N) is 1. The summed E-state index contributed by atoms with van der Waals surface area (Å²) in [5.74, 6) is 1.68. The Morgan fingerprint density at radius 2 is 1.96 bits per heavy atom. The second kappa shape index (κ2) is 8.68. The van der Waals surface area contributed by atoms with Crippen molar-refractivity contribution in [3.8, 4) is 0 Å². The maximum Gasteiger partial charge on any atom is 0.228 e. The molecule has 138 valence electrons. The van der Waals surface area contributed by atoms with Gasteiger partial charge < -0.3 is 10.2 Å². The average molecular weight is 360 g/mol. The smallest absolute Gasteiger partial charge is 0.228 e. The molecule has 1 aromatic carbocycles. The number of nitrogens with zero attached hydrogens (tertiary/aromatic N) is 5. The molecule has 0 saturated carbocycles. The maximum absolute atomic E-state index is 4.73. The predicted molar refractivity (Wildman–Crippen MR) is 106 cm³/mol. The summed E-state index contributed by atoms with van der Waals surface area (Å²) in [5.41, 5.74) is 2.50. The number of aromatic nitrogens is 4. The molecule has 1 N–H and O–H groups in total. The molecule has 0 spiro atoms. The third kappa shape index (κ3) is 4.86. The first-order chi connectivity index (χ1) is 13.4. The molecule has 1 atom stereocenters. The van der Waals surface area contributed by atoms with E-state index in [1.165, 1.54) is 24.9 Å². The number of hydrogen-bond donors (Lipinski definition) is 1. The van der Waals surface area contributed by atoms with Crippen molar-refractivity contribution in [3.63, 3.8) is 0 Å². The first-order valence-corrected chi connectivity index (χ1v) is 9.49. The SMILES string of the molecule is c1ccc(CCN2CCC[C@@H](c3ccnc(Nc4cnccn4)n3)C2)cc1. The third-order valence-corrected chi connectivity index (χ3v) is 4.96. The van der Waals surface area contributed by atoms with Gasteiger partial charge in [-0.25, -0.2) is 15.0 Å². The van der Waals surface area contributed by atoms with Crippen molar-refractivity contribution in [2.45, 2.75) is 25.2 Å². The molecule has 1 aliphatic rings. The molecular formula is C21H24N6. The minimum atomic E-state index is 0.444. The molecule has 1 saturated heterocycles. The molecule has 0 radical (unpaired) electrons. The van der Waals surface area contributed by atoms with Crippen molar-refractivity contribution in [1.29, 1.82) is 0 Å². The molecule has 0 unspecified atom stereocenters. The lowest BCUT2D eigenvalue weighted by molar-refractivity contribution is 0.208. The molecule has 2 aromatic heterocycles. The Balaban J connectivity index is 1.38. The van der Waals surface area contributed by atoms with E-state index in [2.05, 4.69) is 55.5 Å². The van der Waals surface area contributed by atoms with E-state index < -0.39 is 0 Å². The van der Waals surface area contributed by atoms with Crippen LogP contribution in [0.4, 0.5) is 11.8 Å². The van der Waals surface area contributed by atoms with E-state index in [1.54, 1.807) is 18.6 Å². The van der Waals surface area contributed by atoms with Gasteiger partial charge in [0.05, 0.1) is 11.9 Å². The molecular weight excluding hydrogens is 336 g/mol. The van der Waals surface area contributed by atoms with Gasteiger partial charge in [-0.2, -0.15) is 0 Å². The predicted octanol–water partition coefficient (Wildman–Crippen LogP) is 3.43. The zero-order valence-electron chi connectivity index (χ0n) is 15.3. The molecule has 6 nitrogen and oxygen atoms in total. The van der Waals surface area contributed by atoms with Gasteiger partial charge in [0.1, 0.15) is 0 Å². The van der Waals surface area contributed by atoms with Crippen LogP contribution in [0.25, 0.3) is 0 Å². The highest BCUT2D eigenvalue weighted by molar-refractivity contribution is 5.45. The largest absolute Gasteiger partial charge is 0.307 e. The normalized spacial score (nSPS) is 17.6. The Morgan fingerprint density at radius 3 is 2.81 bits per heavy atom. The number of likely N-dealkylation sites (tertiary alicyclic amines) is 1. The first kappa shape index (κ1) is 17.5. The van der Waals surface area contributed by atoms with Gasteiger partial charge >= 0.3 is 0 Å². The highest BCUT2D eigenvalue weighted by atomic mass is 15.2. The molecule has 0 amide bonds. The Bertz CT molecular complexity index is 840. The second-order valence-electron chi connectivity index (χ2n) is 6.90. The highest BCUT2D eigenvalue weighted by Crippen LogP contribution is 2.26. The molecule has 3 aromatic rings. The molecule has 1 aliphatic heterocycles. The van der Waals surface area contributed by atoms with Crippen LogP contribution in [0.1, 0.15) is 30.0 Å². The standard InChI is InChI=1S/C21H24N6/c1-2-5-17(6-3-1)9-14-27-13-4-7-18(16-27)19-8-10-24-21(25-19)26-20-15-22-11-12-23-20/h1-3,5-6,8,10-12,15,18H,4,7,9,13-14,16H2,(H,23,24,25,26)/t18-/m1/s1. The Labute approximate surface area is 159 Å². The van der Waals surface area contributed by atoms with Crippen LogP contribution in [0.3, 0.4) is 0 Å². The summed E-state index contributed by atoms with van der Waals surface area (Å²) in [6, 6.07) is 12.7. The van der Waals surface area contributed by atoms with Gasteiger partial charge in [0.25, 0.3) is 0 Å². The van der Waals surface area contributed by atoms with Gasteiger partial charge in [0.2, 0.25) is 5.95 Å². The summed E-state index contributed by atoms with van der Waals surface area (Å²) in [4.78, 5) is 19.9. The Morgan fingerprint density at radius 1 is 1.04 bits per heavy atom. The molecule has 27 heavy (non-hydrogen) atoms. The quantitative estimate of drug-likeness (QED) is 0.726. The fourth-order valence-corrected chi connectivity index (χ4v) is 3.57. The van der Waals surface area contributed by atoms with Crippen LogP contribution < -0.4 is 5.32 Å². The van der Waals surface area contributed by atoms with Crippen molar-refractivity contribution in [3.05, 3.63) is 72.4 Å². The number of anilines is 2. The summed E-state index contributed by atoms with van der Waals surface area (Å²) in [6.45, 7) is 3.31. The van der Waals surface area contributed by atoms with E-state index in [0.717, 1.165) is 25.2 Å². The molecule has 6 heteroatoms. The van der Waals surface area contributed by atoms with E-state index in [4.69, 9.17) is 4.98 Å². The number of piperidine rings is 1. The topological polar surface area (TPSA) is 66.8 Å². The monoisotopic (exact) mass is 360 g/mol. The molecule has 3 heterocycles. The minimum absolute atomic E-state index is 0.444. The highest BCUT2D eigenvalue weighted by Gasteiger charge is 2.22. The van der Waals surface area contributed by atoms with Crippen molar-refractivity contribution in [2.75, 3.05) is 25.0 Å². The summed E-state index contributed by atoms with van der Waals surface area (Å²) in [7, 11) is 0. The fraction of sp³-hybridized carbons (Fsp3) is 0.333. The zero-order valence-corrected chi connectivity index (χ0v) is 15.3. The van der Waals surface area contributed by atoms with Crippen LogP contribution in [-0.4, -0.2) is 44.5 Å². The van der Waals surface area contributed by atoms with E-state index in [0.29, 0.717) is 17.7 Å². The van der Waals surface area contributed by atoms with Crippen LogP contribution in [-0.2, 0) is 6.42 Å². The van der Waals surface area contributed by atoms with Crippen molar-refractivity contribution >= 4 is 11.8 Å². The zero-order chi connectivity index (χ0) is 18.3. The number of hydrogen-bond acceptors (Lipinski definition) is 6. The van der Waals surface area contributed by atoms with Crippen LogP contribution >= 0.6 is 0 Å². The third-order valence-electron chi connectivity index (χ3n) is 4.96. The van der Waals surface area contributed by atoms with E-state index in [-0.39, 0.29) is 0 Å². The van der Waals surface area contributed by atoms with Gasteiger partial charge in [0, 0.05) is 37.6 Å². The fourth-order valence-electron chi connectivity index (χ4n) is 3.57. The van der Waals surface area contributed by atoms with Gasteiger partial charge in [-0.3, -0.25) is 4.98 Å².